The van der Waals surface area contributed by atoms with E-state index >= 15 is 0 Å². The van der Waals surface area contributed by atoms with Crippen LogP contribution in [0.1, 0.15) is 11.1 Å². The van der Waals surface area contributed by atoms with Crippen molar-refractivity contribution < 1.29 is 0 Å². The summed E-state index contributed by atoms with van der Waals surface area (Å²) < 4.78 is 0. The molecule has 10 rings (SSSR count). The van der Waals surface area contributed by atoms with Crippen LogP contribution in [0.25, 0.3) is 76.8 Å². The van der Waals surface area contributed by atoms with Gasteiger partial charge in [0, 0.05) is 17.1 Å². The largest absolute Gasteiger partial charge is 0.310 e. The van der Waals surface area contributed by atoms with Gasteiger partial charge in [-0.25, -0.2) is 0 Å². The van der Waals surface area contributed by atoms with E-state index in [1.807, 2.05) is 0 Å². The Kier molecular flexibility index (Phi) is 8.69. The third-order valence-corrected chi connectivity index (χ3v) is 11.4. The van der Waals surface area contributed by atoms with E-state index in [2.05, 4.69) is 231 Å². The van der Waals surface area contributed by atoms with Crippen molar-refractivity contribution in [2.45, 2.75) is 13.8 Å². The molecule has 10 aromatic rings. The highest BCUT2D eigenvalue weighted by Crippen LogP contribution is 2.50. The lowest BCUT2D eigenvalue weighted by Crippen LogP contribution is -2.10. The minimum atomic E-state index is 1.12. The monoisotopic (exact) mass is 727 g/mol. The molecule has 1 nitrogen and oxygen atoms in total. The lowest BCUT2D eigenvalue weighted by atomic mass is 9.81. The molecule has 0 amide bonds. The molecule has 0 spiro atoms. The molecule has 0 bridgehead atoms. The predicted octanol–water partition coefficient (Wildman–Crippen LogP) is 15.9. The van der Waals surface area contributed by atoms with Gasteiger partial charge in [0.2, 0.25) is 0 Å². The SMILES string of the molecule is Cc1ccc(N(c2ccc(C)cc2)c2ccc3c(c2)c2ccccc2c2c(-c4ccccc4)cc(-c4ccccc4)c(-c4ccc(-c5ccccc5)cc4)c32)cc1. The van der Waals surface area contributed by atoms with Gasteiger partial charge in [0.15, 0.2) is 0 Å². The molecule has 0 heterocycles. The Balaban J connectivity index is 1.34. The molecule has 0 radical (unpaired) electrons. The van der Waals surface area contributed by atoms with Gasteiger partial charge in [-0.15, -0.1) is 0 Å². The van der Waals surface area contributed by atoms with Crippen LogP contribution in [0.5, 0.6) is 0 Å². The first-order valence-electron chi connectivity index (χ1n) is 19.8. The van der Waals surface area contributed by atoms with Gasteiger partial charge in [0.1, 0.15) is 0 Å². The van der Waals surface area contributed by atoms with Gasteiger partial charge in [-0.1, -0.05) is 181 Å². The number of fused-ring (bicyclic) bond motifs is 6. The van der Waals surface area contributed by atoms with Crippen LogP contribution in [0.2, 0.25) is 0 Å². The van der Waals surface area contributed by atoms with Gasteiger partial charge in [0.25, 0.3) is 0 Å². The van der Waals surface area contributed by atoms with E-state index in [0.29, 0.717) is 0 Å². The number of nitrogens with zero attached hydrogens (tertiary/aromatic N) is 1. The average molecular weight is 728 g/mol. The predicted molar refractivity (Wildman–Crippen MR) is 245 cm³/mol. The van der Waals surface area contributed by atoms with Crippen LogP contribution in [0, 0.1) is 13.8 Å². The van der Waals surface area contributed by atoms with Gasteiger partial charge < -0.3 is 4.90 Å². The third kappa shape index (κ3) is 6.24. The topological polar surface area (TPSA) is 3.24 Å². The fourth-order valence-electron chi connectivity index (χ4n) is 8.57. The van der Waals surface area contributed by atoms with Crippen LogP contribution in [-0.2, 0) is 0 Å². The van der Waals surface area contributed by atoms with E-state index in [9.17, 15) is 0 Å². The quantitative estimate of drug-likeness (QED) is 0.148. The molecule has 0 aromatic heterocycles. The van der Waals surface area contributed by atoms with Crippen molar-refractivity contribution >= 4 is 49.4 Å². The molecule has 0 unspecified atom stereocenters. The van der Waals surface area contributed by atoms with E-state index in [0.717, 1.165) is 17.1 Å². The van der Waals surface area contributed by atoms with Crippen molar-refractivity contribution in [3.8, 4) is 44.5 Å². The summed E-state index contributed by atoms with van der Waals surface area (Å²) in [6.45, 7) is 4.29. The zero-order chi connectivity index (χ0) is 38.3. The highest BCUT2D eigenvalue weighted by atomic mass is 15.1. The van der Waals surface area contributed by atoms with E-state index in [4.69, 9.17) is 0 Å². The fraction of sp³-hybridized carbons (Fsp3) is 0.0357. The second kappa shape index (κ2) is 14.5. The first-order valence-corrected chi connectivity index (χ1v) is 19.8. The van der Waals surface area contributed by atoms with Gasteiger partial charge >= 0.3 is 0 Å². The number of hydrogen-bond donors (Lipinski definition) is 0. The van der Waals surface area contributed by atoms with E-state index < -0.39 is 0 Å². The van der Waals surface area contributed by atoms with E-state index in [1.165, 1.54) is 88.0 Å². The van der Waals surface area contributed by atoms with Crippen molar-refractivity contribution in [3.63, 3.8) is 0 Å². The minimum absolute atomic E-state index is 1.12. The Morgan fingerprint density at radius 2 is 0.719 bits per heavy atom. The van der Waals surface area contributed by atoms with Crippen LogP contribution in [-0.4, -0.2) is 0 Å². The summed E-state index contributed by atoms with van der Waals surface area (Å²) in [5.74, 6) is 0. The van der Waals surface area contributed by atoms with E-state index in [-0.39, 0.29) is 0 Å². The Labute approximate surface area is 334 Å². The number of aryl methyl sites for hydroxylation is 2. The second-order valence-electron chi connectivity index (χ2n) is 15.1. The molecule has 0 aliphatic heterocycles. The molecule has 0 aliphatic carbocycles. The Bertz CT molecular complexity index is 2980. The van der Waals surface area contributed by atoms with Crippen LogP contribution < -0.4 is 4.90 Å². The summed E-state index contributed by atoms with van der Waals surface area (Å²) >= 11 is 0. The standard InChI is InChI=1S/C56H41N/c1-38-22-30-45(31-23-38)57(46-32-24-39(2)25-33-46)47-34-35-50-53(36-47)48-20-12-13-21-49(48)55-52(43-18-10-5-11-19-43)37-51(42-16-8-4-9-17-42)54(56(50)55)44-28-26-41(27-29-44)40-14-6-3-7-15-40/h3-37H,1-2H3. The van der Waals surface area contributed by atoms with Gasteiger partial charge in [-0.3, -0.25) is 0 Å². The lowest BCUT2D eigenvalue weighted by molar-refractivity contribution is 1.27. The molecule has 0 aliphatic rings. The van der Waals surface area contributed by atoms with Crippen LogP contribution >= 0.6 is 0 Å². The molecule has 57 heavy (non-hydrogen) atoms. The van der Waals surface area contributed by atoms with Crippen molar-refractivity contribution in [2.24, 2.45) is 0 Å². The summed E-state index contributed by atoms with van der Waals surface area (Å²) in [5.41, 5.74) is 15.6. The maximum atomic E-state index is 2.44. The molecule has 0 atom stereocenters. The van der Waals surface area contributed by atoms with Crippen molar-refractivity contribution in [1.82, 2.24) is 0 Å². The van der Waals surface area contributed by atoms with Gasteiger partial charge in [-0.2, -0.15) is 0 Å². The maximum absolute atomic E-state index is 2.44. The number of benzene rings is 10. The Morgan fingerprint density at radius 3 is 1.30 bits per heavy atom. The molecule has 0 saturated heterocycles. The molecular weight excluding hydrogens is 687 g/mol. The average Bonchev–Trinajstić information content (AvgIpc) is 3.28. The van der Waals surface area contributed by atoms with Crippen LogP contribution in [0.3, 0.4) is 0 Å². The number of hydrogen-bond acceptors (Lipinski definition) is 1. The van der Waals surface area contributed by atoms with E-state index in [1.54, 1.807) is 0 Å². The molecule has 270 valence electrons. The molecule has 0 saturated carbocycles. The van der Waals surface area contributed by atoms with Crippen LogP contribution in [0.4, 0.5) is 17.1 Å². The van der Waals surface area contributed by atoms with Crippen molar-refractivity contribution in [1.29, 1.82) is 0 Å². The van der Waals surface area contributed by atoms with Gasteiger partial charge in [0.05, 0.1) is 0 Å². The van der Waals surface area contributed by atoms with Crippen molar-refractivity contribution in [3.05, 3.63) is 223 Å². The molecular formula is C56H41N. The zero-order valence-corrected chi connectivity index (χ0v) is 32.2. The molecule has 10 aromatic carbocycles. The third-order valence-electron chi connectivity index (χ3n) is 11.4. The molecule has 0 N–H and O–H groups in total. The maximum Gasteiger partial charge on any atom is 0.0468 e. The number of rotatable bonds is 7. The smallest absolute Gasteiger partial charge is 0.0468 e. The fourth-order valence-corrected chi connectivity index (χ4v) is 8.57. The summed E-state index contributed by atoms with van der Waals surface area (Å²) in [4.78, 5) is 2.39. The highest BCUT2D eigenvalue weighted by molar-refractivity contribution is 6.33. The summed E-state index contributed by atoms with van der Waals surface area (Å²) in [7, 11) is 0. The zero-order valence-electron chi connectivity index (χ0n) is 32.2. The highest BCUT2D eigenvalue weighted by Gasteiger charge is 2.23. The van der Waals surface area contributed by atoms with Crippen LogP contribution in [0.15, 0.2) is 212 Å². The summed E-state index contributed by atoms with van der Waals surface area (Å²) in [6.07, 6.45) is 0. The van der Waals surface area contributed by atoms with Crippen molar-refractivity contribution in [2.75, 3.05) is 4.90 Å². The summed E-state index contributed by atoms with van der Waals surface area (Å²) in [5, 5.41) is 7.48. The van der Waals surface area contributed by atoms with Gasteiger partial charge in [-0.05, 0) is 133 Å². The Hall–Kier alpha value is -7.22. The lowest BCUT2D eigenvalue weighted by Gasteiger charge is -2.27. The number of anilines is 3. The minimum Gasteiger partial charge on any atom is -0.310 e. The second-order valence-corrected chi connectivity index (χ2v) is 15.1. The Morgan fingerprint density at radius 1 is 0.281 bits per heavy atom. The summed E-state index contributed by atoms with van der Waals surface area (Å²) in [6, 6.07) is 77.9. The first-order chi connectivity index (χ1) is 28.1. The molecule has 0 fully saturated rings. The first kappa shape index (κ1) is 34.3. The normalized spacial score (nSPS) is 11.3. The molecule has 1 heteroatoms.